The highest BCUT2D eigenvalue weighted by Gasteiger charge is 2.28. The molecule has 0 saturated carbocycles. The third-order valence-corrected chi connectivity index (χ3v) is 5.54. The SMILES string of the molecule is O=C(NCCC=Cc1c(F)cccc1Cl)OCC1c2ccccc2-c2ccccc21. The lowest BCUT2D eigenvalue weighted by Crippen LogP contribution is -2.26. The summed E-state index contributed by atoms with van der Waals surface area (Å²) in [6.07, 6.45) is 3.47. The smallest absolute Gasteiger partial charge is 0.407 e. The maximum absolute atomic E-state index is 13.7. The number of carbonyl (C=O) groups excluding carboxylic acids is 1. The monoisotopic (exact) mass is 421 g/mol. The lowest BCUT2D eigenvalue weighted by Gasteiger charge is -2.14. The second-order valence-corrected chi connectivity index (χ2v) is 7.49. The Morgan fingerprint density at radius 1 is 1.00 bits per heavy atom. The maximum atomic E-state index is 13.7. The van der Waals surface area contributed by atoms with Crippen molar-refractivity contribution < 1.29 is 13.9 Å². The van der Waals surface area contributed by atoms with Crippen LogP contribution in [0.4, 0.5) is 9.18 Å². The van der Waals surface area contributed by atoms with Crippen LogP contribution in [-0.4, -0.2) is 19.2 Å². The van der Waals surface area contributed by atoms with Gasteiger partial charge in [0.2, 0.25) is 0 Å². The molecule has 5 heteroatoms. The molecule has 152 valence electrons. The molecule has 3 nitrogen and oxygen atoms in total. The zero-order valence-electron chi connectivity index (χ0n) is 16.3. The highest BCUT2D eigenvalue weighted by Crippen LogP contribution is 2.44. The first-order valence-corrected chi connectivity index (χ1v) is 10.2. The van der Waals surface area contributed by atoms with Gasteiger partial charge in [-0.05, 0) is 40.8 Å². The fraction of sp³-hybridized carbons (Fsp3) is 0.160. The predicted octanol–water partition coefficient (Wildman–Crippen LogP) is 6.42. The molecular weight excluding hydrogens is 401 g/mol. The van der Waals surface area contributed by atoms with Crippen molar-refractivity contribution in [2.45, 2.75) is 12.3 Å². The maximum Gasteiger partial charge on any atom is 0.407 e. The minimum absolute atomic E-state index is 0.0336. The number of fused-ring (bicyclic) bond motifs is 3. The van der Waals surface area contributed by atoms with Crippen molar-refractivity contribution in [2.24, 2.45) is 0 Å². The van der Waals surface area contributed by atoms with Crippen molar-refractivity contribution in [1.82, 2.24) is 5.32 Å². The summed E-state index contributed by atoms with van der Waals surface area (Å²) in [5, 5.41) is 3.09. The molecule has 1 amide bonds. The zero-order chi connectivity index (χ0) is 20.9. The van der Waals surface area contributed by atoms with Crippen LogP contribution >= 0.6 is 11.6 Å². The van der Waals surface area contributed by atoms with Crippen LogP contribution in [0.25, 0.3) is 17.2 Å². The lowest BCUT2D eigenvalue weighted by molar-refractivity contribution is 0.143. The van der Waals surface area contributed by atoms with E-state index in [2.05, 4.69) is 29.6 Å². The van der Waals surface area contributed by atoms with E-state index in [0.29, 0.717) is 23.6 Å². The Morgan fingerprint density at radius 2 is 1.67 bits per heavy atom. The van der Waals surface area contributed by atoms with E-state index in [-0.39, 0.29) is 18.3 Å². The van der Waals surface area contributed by atoms with Gasteiger partial charge in [-0.1, -0.05) is 78.4 Å². The van der Waals surface area contributed by atoms with E-state index in [1.165, 1.54) is 28.3 Å². The van der Waals surface area contributed by atoms with Gasteiger partial charge in [0.05, 0.1) is 5.02 Å². The van der Waals surface area contributed by atoms with Gasteiger partial charge in [0.25, 0.3) is 0 Å². The summed E-state index contributed by atoms with van der Waals surface area (Å²) in [7, 11) is 0. The summed E-state index contributed by atoms with van der Waals surface area (Å²) in [5.41, 5.74) is 5.09. The Kier molecular flexibility index (Phi) is 6.15. The molecule has 1 N–H and O–H groups in total. The van der Waals surface area contributed by atoms with Crippen LogP contribution in [0.5, 0.6) is 0 Å². The Balaban J connectivity index is 1.29. The summed E-state index contributed by atoms with van der Waals surface area (Å²) in [4.78, 5) is 12.1. The third-order valence-electron chi connectivity index (χ3n) is 5.21. The number of hydrogen-bond acceptors (Lipinski definition) is 2. The van der Waals surface area contributed by atoms with Crippen molar-refractivity contribution in [1.29, 1.82) is 0 Å². The van der Waals surface area contributed by atoms with Crippen LogP contribution in [-0.2, 0) is 4.74 Å². The number of ether oxygens (including phenoxy) is 1. The average molecular weight is 422 g/mol. The summed E-state index contributed by atoms with van der Waals surface area (Å²) in [6, 6.07) is 21.0. The predicted molar refractivity (Wildman–Crippen MR) is 118 cm³/mol. The average Bonchev–Trinajstić information content (AvgIpc) is 3.08. The molecule has 4 rings (SSSR count). The van der Waals surface area contributed by atoms with Crippen LogP contribution in [0.15, 0.2) is 72.8 Å². The number of hydrogen-bond donors (Lipinski definition) is 1. The van der Waals surface area contributed by atoms with Crippen molar-refractivity contribution in [3.8, 4) is 11.1 Å². The van der Waals surface area contributed by atoms with Gasteiger partial charge in [-0.25, -0.2) is 9.18 Å². The molecule has 1 aliphatic rings. The van der Waals surface area contributed by atoms with E-state index in [1.807, 2.05) is 24.3 Å². The highest BCUT2D eigenvalue weighted by atomic mass is 35.5. The fourth-order valence-corrected chi connectivity index (χ4v) is 4.00. The standard InChI is InChI=1S/C25H21ClFNO2/c26-23-13-7-14-24(27)21(23)12-5-6-15-28-25(29)30-16-22-19-10-3-1-8-17(19)18-9-2-4-11-20(18)22/h1-5,7-14,22H,6,15-16H2,(H,28,29). The topological polar surface area (TPSA) is 38.3 Å². The van der Waals surface area contributed by atoms with E-state index >= 15 is 0 Å². The number of benzene rings is 3. The Hall–Kier alpha value is -3.11. The van der Waals surface area contributed by atoms with Gasteiger partial charge in [-0.15, -0.1) is 0 Å². The second kappa shape index (κ2) is 9.14. The molecule has 0 radical (unpaired) electrons. The Bertz CT molecular complexity index is 1030. The minimum atomic E-state index is -0.464. The summed E-state index contributed by atoms with van der Waals surface area (Å²) >= 11 is 5.99. The van der Waals surface area contributed by atoms with E-state index in [1.54, 1.807) is 24.3 Å². The van der Waals surface area contributed by atoms with Crippen molar-refractivity contribution in [3.63, 3.8) is 0 Å². The Morgan fingerprint density at radius 3 is 2.33 bits per heavy atom. The number of nitrogens with one attached hydrogen (secondary N) is 1. The number of rotatable bonds is 6. The molecule has 0 aliphatic heterocycles. The molecular formula is C25H21ClFNO2. The molecule has 3 aromatic carbocycles. The number of halogens is 2. The second-order valence-electron chi connectivity index (χ2n) is 7.08. The van der Waals surface area contributed by atoms with Gasteiger partial charge in [0.1, 0.15) is 12.4 Å². The van der Waals surface area contributed by atoms with E-state index in [4.69, 9.17) is 16.3 Å². The van der Waals surface area contributed by atoms with Gasteiger partial charge in [-0.3, -0.25) is 0 Å². The van der Waals surface area contributed by atoms with E-state index < -0.39 is 6.09 Å². The largest absolute Gasteiger partial charge is 0.449 e. The molecule has 0 aromatic heterocycles. The van der Waals surface area contributed by atoms with Crippen molar-refractivity contribution in [2.75, 3.05) is 13.2 Å². The molecule has 0 fully saturated rings. The lowest BCUT2D eigenvalue weighted by atomic mass is 9.98. The van der Waals surface area contributed by atoms with Gasteiger partial charge in [0, 0.05) is 18.0 Å². The van der Waals surface area contributed by atoms with E-state index in [0.717, 1.165) is 0 Å². The zero-order valence-corrected chi connectivity index (χ0v) is 17.0. The van der Waals surface area contributed by atoms with Crippen LogP contribution in [0.2, 0.25) is 5.02 Å². The molecule has 0 unspecified atom stereocenters. The van der Waals surface area contributed by atoms with Crippen LogP contribution < -0.4 is 5.32 Å². The molecule has 0 atom stereocenters. The Labute approximate surface area is 180 Å². The molecule has 0 spiro atoms. The molecule has 0 bridgehead atoms. The molecule has 3 aromatic rings. The van der Waals surface area contributed by atoms with Gasteiger partial charge in [-0.2, -0.15) is 0 Å². The fourth-order valence-electron chi connectivity index (χ4n) is 3.78. The molecule has 30 heavy (non-hydrogen) atoms. The van der Waals surface area contributed by atoms with Crippen LogP contribution in [0.3, 0.4) is 0 Å². The van der Waals surface area contributed by atoms with Crippen molar-refractivity contribution >= 4 is 23.8 Å². The number of alkyl carbamates (subject to hydrolysis) is 1. The summed E-state index contributed by atoms with van der Waals surface area (Å²) in [5.74, 6) is -0.338. The van der Waals surface area contributed by atoms with Gasteiger partial charge in [0.15, 0.2) is 0 Å². The first-order chi connectivity index (χ1) is 14.6. The number of carbonyl (C=O) groups is 1. The van der Waals surface area contributed by atoms with E-state index in [9.17, 15) is 9.18 Å². The number of amides is 1. The van der Waals surface area contributed by atoms with Gasteiger partial charge >= 0.3 is 6.09 Å². The van der Waals surface area contributed by atoms with Gasteiger partial charge < -0.3 is 10.1 Å². The van der Waals surface area contributed by atoms with Crippen molar-refractivity contribution in [3.05, 3.63) is 100 Å². The summed E-state index contributed by atoms with van der Waals surface area (Å²) < 4.78 is 19.2. The highest BCUT2D eigenvalue weighted by molar-refractivity contribution is 6.32. The molecule has 0 heterocycles. The molecule has 0 saturated heterocycles. The quantitative estimate of drug-likeness (QED) is 0.466. The van der Waals surface area contributed by atoms with Crippen LogP contribution in [0, 0.1) is 5.82 Å². The normalized spacial score (nSPS) is 12.6. The first-order valence-electron chi connectivity index (χ1n) is 9.84. The third kappa shape index (κ3) is 4.24. The molecule has 1 aliphatic carbocycles. The first kappa shape index (κ1) is 20.2. The minimum Gasteiger partial charge on any atom is -0.449 e. The van der Waals surface area contributed by atoms with Crippen LogP contribution in [0.1, 0.15) is 29.0 Å². The summed E-state index contributed by atoms with van der Waals surface area (Å²) in [6.45, 7) is 0.666.